The molecular formula is C22H30O4. The van der Waals surface area contributed by atoms with Gasteiger partial charge in [-0.3, -0.25) is 0 Å². The molecule has 0 bridgehead atoms. The van der Waals surface area contributed by atoms with Gasteiger partial charge in [0.05, 0.1) is 0 Å². The van der Waals surface area contributed by atoms with Gasteiger partial charge in [-0.2, -0.15) is 0 Å². The van der Waals surface area contributed by atoms with E-state index in [1.165, 1.54) is 24.8 Å². The van der Waals surface area contributed by atoms with Crippen molar-refractivity contribution in [2.45, 2.75) is 39.0 Å². The van der Waals surface area contributed by atoms with Gasteiger partial charge in [-0.25, -0.2) is 0 Å². The lowest BCUT2D eigenvalue weighted by Crippen LogP contribution is -1.98. The number of methoxy groups -OCH3 is 2. The second-order valence-electron chi connectivity index (χ2n) is 5.76. The van der Waals surface area contributed by atoms with E-state index in [0.717, 1.165) is 24.0 Å². The Hall–Kier alpha value is -1.82. The van der Waals surface area contributed by atoms with Gasteiger partial charge in [-0.15, -0.1) is 0 Å². The van der Waals surface area contributed by atoms with E-state index < -0.39 is 0 Å². The van der Waals surface area contributed by atoms with Gasteiger partial charge in [0, 0.05) is 25.3 Å². The third-order valence-electron chi connectivity index (χ3n) is 3.64. The van der Waals surface area contributed by atoms with Gasteiger partial charge in [0.1, 0.15) is 26.8 Å². The van der Waals surface area contributed by atoms with Crippen molar-refractivity contribution in [3.8, 4) is 23.7 Å². The molecule has 0 saturated heterocycles. The predicted molar refractivity (Wildman–Crippen MR) is 104 cm³/mol. The third-order valence-corrected chi connectivity index (χ3v) is 3.64. The van der Waals surface area contributed by atoms with Crippen LogP contribution in [0.5, 0.6) is 0 Å². The number of aryl methyl sites for hydroxylation is 1. The Balaban J connectivity index is 2.87. The van der Waals surface area contributed by atoms with Crippen molar-refractivity contribution in [3.05, 3.63) is 34.9 Å². The summed E-state index contributed by atoms with van der Waals surface area (Å²) in [7, 11) is 3.19. The van der Waals surface area contributed by atoms with Crippen LogP contribution >= 0.6 is 0 Å². The first-order chi connectivity index (χ1) is 12.8. The first-order valence-electron chi connectivity index (χ1n) is 9.06. The molecule has 26 heavy (non-hydrogen) atoms. The summed E-state index contributed by atoms with van der Waals surface area (Å²) in [6, 6.07) is 6.18. The number of hydrogen-bond donors (Lipinski definition) is 0. The van der Waals surface area contributed by atoms with Crippen molar-refractivity contribution in [3.63, 3.8) is 0 Å². The zero-order chi connectivity index (χ0) is 18.9. The lowest BCUT2D eigenvalue weighted by molar-refractivity contribution is -0.0167. The summed E-state index contributed by atoms with van der Waals surface area (Å²) in [6.07, 6.45) is 5.91. The van der Waals surface area contributed by atoms with Gasteiger partial charge >= 0.3 is 0 Å². The summed E-state index contributed by atoms with van der Waals surface area (Å²) in [6.45, 7) is 3.38. The quantitative estimate of drug-likeness (QED) is 0.343. The standard InChI is InChI=1S/C22H30O4/c1-4-5-6-7-11-20-12-8-13-21(14-9-16-25-18-23-2)22(20)15-10-17-26-19-24-3/h8,12-13H,4-7,11,16-19H2,1-3H3. The minimum Gasteiger partial charge on any atom is -0.359 e. The summed E-state index contributed by atoms with van der Waals surface area (Å²) in [5.74, 6) is 12.5. The molecule has 1 rings (SSSR count). The molecule has 0 heterocycles. The number of rotatable bonds is 11. The summed E-state index contributed by atoms with van der Waals surface area (Å²) in [5, 5.41) is 0. The minimum absolute atomic E-state index is 0.246. The van der Waals surface area contributed by atoms with Crippen LogP contribution < -0.4 is 0 Å². The largest absolute Gasteiger partial charge is 0.359 e. The smallest absolute Gasteiger partial charge is 0.147 e. The first-order valence-corrected chi connectivity index (χ1v) is 9.06. The van der Waals surface area contributed by atoms with Gasteiger partial charge < -0.3 is 18.9 Å². The van der Waals surface area contributed by atoms with Gasteiger partial charge in [-0.1, -0.05) is 62.0 Å². The van der Waals surface area contributed by atoms with Crippen LogP contribution in [0.25, 0.3) is 0 Å². The van der Waals surface area contributed by atoms with E-state index in [4.69, 9.17) is 18.9 Å². The number of hydrogen-bond acceptors (Lipinski definition) is 4. The first kappa shape index (κ1) is 22.2. The van der Waals surface area contributed by atoms with E-state index in [1.54, 1.807) is 14.2 Å². The average molecular weight is 358 g/mol. The van der Waals surface area contributed by atoms with E-state index in [2.05, 4.69) is 36.7 Å². The van der Waals surface area contributed by atoms with Crippen LogP contribution in [0.4, 0.5) is 0 Å². The van der Waals surface area contributed by atoms with Crippen LogP contribution in [0.2, 0.25) is 0 Å². The summed E-state index contributed by atoms with van der Waals surface area (Å²) < 4.78 is 20.2. The molecule has 0 N–H and O–H groups in total. The van der Waals surface area contributed by atoms with Gasteiger partial charge in [0.25, 0.3) is 0 Å². The van der Waals surface area contributed by atoms with Crippen molar-refractivity contribution in [1.82, 2.24) is 0 Å². The Morgan fingerprint density at radius 3 is 2.19 bits per heavy atom. The Morgan fingerprint density at radius 1 is 0.846 bits per heavy atom. The molecule has 0 saturated carbocycles. The molecule has 0 aliphatic heterocycles. The van der Waals surface area contributed by atoms with Crippen molar-refractivity contribution in [2.75, 3.05) is 41.0 Å². The molecule has 0 fully saturated rings. The Kier molecular flexibility index (Phi) is 13.2. The molecule has 4 nitrogen and oxygen atoms in total. The van der Waals surface area contributed by atoms with Crippen LogP contribution in [0, 0.1) is 23.7 Å². The van der Waals surface area contributed by atoms with E-state index in [0.29, 0.717) is 13.2 Å². The fraction of sp³-hybridized carbons (Fsp3) is 0.545. The molecular weight excluding hydrogens is 328 g/mol. The molecule has 0 unspecified atom stereocenters. The molecule has 4 heteroatoms. The zero-order valence-electron chi connectivity index (χ0n) is 16.2. The maximum Gasteiger partial charge on any atom is 0.147 e. The van der Waals surface area contributed by atoms with E-state index in [1.807, 2.05) is 12.1 Å². The molecule has 0 aliphatic rings. The molecule has 0 radical (unpaired) electrons. The molecule has 0 amide bonds. The second kappa shape index (κ2) is 15.4. The maximum absolute atomic E-state index is 5.26. The Morgan fingerprint density at radius 2 is 1.54 bits per heavy atom. The molecule has 0 aliphatic carbocycles. The molecule has 0 spiro atoms. The SMILES string of the molecule is CCCCCCc1cccc(C#CCOCOC)c1C#CCOCOC. The highest BCUT2D eigenvalue weighted by molar-refractivity contribution is 5.54. The van der Waals surface area contributed by atoms with Crippen LogP contribution in [-0.2, 0) is 25.4 Å². The summed E-state index contributed by atoms with van der Waals surface area (Å²) in [4.78, 5) is 0. The molecule has 1 aromatic carbocycles. The van der Waals surface area contributed by atoms with Gasteiger partial charge in [-0.05, 0) is 24.5 Å². The molecule has 0 atom stereocenters. The number of benzene rings is 1. The highest BCUT2D eigenvalue weighted by atomic mass is 16.7. The van der Waals surface area contributed by atoms with Crippen LogP contribution in [0.3, 0.4) is 0 Å². The fourth-order valence-corrected chi connectivity index (χ4v) is 2.41. The fourth-order valence-electron chi connectivity index (χ4n) is 2.41. The molecule has 142 valence electrons. The van der Waals surface area contributed by atoms with Crippen LogP contribution in [0.1, 0.15) is 49.3 Å². The maximum atomic E-state index is 5.26. The molecule has 0 aromatic heterocycles. The van der Waals surface area contributed by atoms with Crippen molar-refractivity contribution in [2.24, 2.45) is 0 Å². The van der Waals surface area contributed by atoms with Crippen LogP contribution in [0.15, 0.2) is 18.2 Å². The van der Waals surface area contributed by atoms with E-state index >= 15 is 0 Å². The highest BCUT2D eigenvalue weighted by Gasteiger charge is 2.05. The monoisotopic (exact) mass is 358 g/mol. The van der Waals surface area contributed by atoms with Crippen molar-refractivity contribution >= 4 is 0 Å². The van der Waals surface area contributed by atoms with Crippen molar-refractivity contribution in [1.29, 1.82) is 0 Å². The Bertz CT molecular complexity index is 617. The zero-order valence-corrected chi connectivity index (χ0v) is 16.2. The second-order valence-corrected chi connectivity index (χ2v) is 5.76. The Labute approximate surface area is 158 Å². The number of ether oxygens (including phenoxy) is 4. The molecule has 1 aromatic rings. The van der Waals surface area contributed by atoms with E-state index in [9.17, 15) is 0 Å². The average Bonchev–Trinajstić information content (AvgIpc) is 2.66. The van der Waals surface area contributed by atoms with Gasteiger partial charge in [0.15, 0.2) is 0 Å². The van der Waals surface area contributed by atoms with Gasteiger partial charge in [0.2, 0.25) is 0 Å². The normalized spacial score (nSPS) is 9.96. The predicted octanol–water partition coefficient (Wildman–Crippen LogP) is 3.75. The van der Waals surface area contributed by atoms with Crippen LogP contribution in [-0.4, -0.2) is 41.0 Å². The number of unbranched alkanes of at least 4 members (excludes halogenated alkanes) is 3. The third kappa shape index (κ3) is 9.61. The topological polar surface area (TPSA) is 36.9 Å². The summed E-state index contributed by atoms with van der Waals surface area (Å²) >= 11 is 0. The highest BCUT2D eigenvalue weighted by Crippen LogP contribution is 2.16. The van der Waals surface area contributed by atoms with Crippen molar-refractivity contribution < 1.29 is 18.9 Å². The van der Waals surface area contributed by atoms with E-state index in [-0.39, 0.29) is 13.6 Å². The minimum atomic E-state index is 0.246. The lowest BCUT2D eigenvalue weighted by Gasteiger charge is -2.07. The summed E-state index contributed by atoms with van der Waals surface area (Å²) in [5.41, 5.74) is 3.16. The lowest BCUT2D eigenvalue weighted by atomic mass is 9.97.